The number of halogens is 3. The van der Waals surface area contributed by atoms with Crippen LogP contribution < -0.4 is 0 Å². The fourth-order valence-electron chi connectivity index (χ4n) is 1.87. The second kappa shape index (κ2) is 5.75. The first-order valence-electron chi connectivity index (χ1n) is 5.46. The van der Waals surface area contributed by atoms with E-state index in [1.54, 1.807) is 0 Å². The minimum absolute atomic E-state index is 0.409. The number of benzene rings is 1. The van der Waals surface area contributed by atoms with Gasteiger partial charge in [0, 0.05) is 10.4 Å². The molecule has 0 bridgehead atoms. The topological polar surface area (TPSA) is 0 Å². The summed E-state index contributed by atoms with van der Waals surface area (Å²) in [5.74, 6) is 1.36. The average molecular weight is 324 g/mol. The zero-order chi connectivity index (χ0) is 12.5. The molecule has 90 valence electrons. The van der Waals surface area contributed by atoms with Crippen LogP contribution in [-0.4, -0.2) is 0 Å². The largest absolute Gasteiger partial charge is 0.122 e. The summed E-state index contributed by atoms with van der Waals surface area (Å²) in [5, 5.41) is 0.826. The van der Waals surface area contributed by atoms with Gasteiger partial charge in [-0.05, 0) is 44.5 Å². The quantitative estimate of drug-likeness (QED) is 0.590. The lowest BCUT2D eigenvalue weighted by Gasteiger charge is -2.19. The van der Waals surface area contributed by atoms with Crippen LogP contribution in [0.15, 0.2) is 10.5 Å². The maximum Gasteiger partial charge on any atom is 0.0585 e. The Morgan fingerprint density at radius 3 is 2.12 bits per heavy atom. The van der Waals surface area contributed by atoms with Gasteiger partial charge in [-0.15, -0.1) is 11.6 Å². The monoisotopic (exact) mass is 322 g/mol. The summed E-state index contributed by atoms with van der Waals surface area (Å²) in [6.45, 7) is 8.59. The van der Waals surface area contributed by atoms with Crippen LogP contribution in [0, 0.1) is 0 Å². The van der Waals surface area contributed by atoms with E-state index in [1.807, 2.05) is 0 Å². The molecule has 0 spiro atoms. The lowest BCUT2D eigenvalue weighted by molar-refractivity contribution is 0.828. The molecule has 0 saturated carbocycles. The molecule has 0 fully saturated rings. The number of alkyl halides is 1. The fourth-order valence-corrected chi connectivity index (χ4v) is 3.41. The van der Waals surface area contributed by atoms with Gasteiger partial charge >= 0.3 is 0 Å². The van der Waals surface area contributed by atoms with Crippen LogP contribution in [0.25, 0.3) is 0 Å². The predicted molar refractivity (Wildman–Crippen MR) is 76.9 cm³/mol. The molecule has 1 aromatic carbocycles. The molecule has 0 atom stereocenters. The van der Waals surface area contributed by atoms with Crippen LogP contribution in [0.5, 0.6) is 0 Å². The van der Waals surface area contributed by atoms with Gasteiger partial charge in [-0.3, -0.25) is 0 Å². The summed E-state index contributed by atoms with van der Waals surface area (Å²) >= 11 is 16.0. The van der Waals surface area contributed by atoms with E-state index in [4.69, 9.17) is 23.2 Å². The summed E-state index contributed by atoms with van der Waals surface area (Å²) < 4.78 is 1.01. The van der Waals surface area contributed by atoms with Crippen molar-refractivity contribution in [1.29, 1.82) is 0 Å². The number of rotatable bonds is 3. The molecule has 0 heterocycles. The maximum atomic E-state index is 6.38. The van der Waals surface area contributed by atoms with E-state index in [9.17, 15) is 0 Å². The van der Waals surface area contributed by atoms with Crippen LogP contribution in [-0.2, 0) is 5.88 Å². The smallest absolute Gasteiger partial charge is 0.0585 e. The van der Waals surface area contributed by atoms with Gasteiger partial charge in [0.15, 0.2) is 0 Å². The van der Waals surface area contributed by atoms with Crippen molar-refractivity contribution in [2.45, 2.75) is 45.4 Å². The van der Waals surface area contributed by atoms with Crippen molar-refractivity contribution in [3.63, 3.8) is 0 Å². The van der Waals surface area contributed by atoms with Crippen LogP contribution in [0.2, 0.25) is 5.02 Å². The molecule has 3 heteroatoms. The van der Waals surface area contributed by atoms with E-state index < -0.39 is 0 Å². The third-order valence-electron chi connectivity index (χ3n) is 2.70. The van der Waals surface area contributed by atoms with Gasteiger partial charge in [0.1, 0.15) is 0 Å². The van der Waals surface area contributed by atoms with Crippen LogP contribution in [0.1, 0.15) is 56.2 Å². The molecule has 1 aromatic rings. The zero-order valence-electron chi connectivity index (χ0n) is 10.1. The highest BCUT2D eigenvalue weighted by molar-refractivity contribution is 9.10. The summed E-state index contributed by atoms with van der Waals surface area (Å²) in [6, 6.07) is 2.14. The Kier molecular flexibility index (Phi) is 5.15. The molecule has 0 amide bonds. The molecular weight excluding hydrogens is 307 g/mol. The Labute approximate surface area is 116 Å². The van der Waals surface area contributed by atoms with Crippen molar-refractivity contribution < 1.29 is 0 Å². The molecular formula is C13H17BrCl2. The highest BCUT2D eigenvalue weighted by Gasteiger charge is 2.18. The van der Waals surface area contributed by atoms with Crippen molar-refractivity contribution in [3.8, 4) is 0 Å². The van der Waals surface area contributed by atoms with Crippen molar-refractivity contribution in [1.82, 2.24) is 0 Å². The number of hydrogen-bond donors (Lipinski definition) is 0. The molecule has 0 radical (unpaired) electrons. The highest BCUT2D eigenvalue weighted by Crippen LogP contribution is 2.39. The predicted octanol–water partition coefficient (Wildman–Crippen LogP) is 6.09. The van der Waals surface area contributed by atoms with Crippen LogP contribution in [0.4, 0.5) is 0 Å². The van der Waals surface area contributed by atoms with E-state index in [2.05, 4.69) is 49.7 Å². The Morgan fingerprint density at radius 1 is 1.19 bits per heavy atom. The molecule has 0 aliphatic rings. The summed E-state index contributed by atoms with van der Waals surface area (Å²) in [6.07, 6.45) is 0. The summed E-state index contributed by atoms with van der Waals surface area (Å²) in [4.78, 5) is 0. The highest BCUT2D eigenvalue weighted by atomic mass is 79.9. The van der Waals surface area contributed by atoms with Gasteiger partial charge in [-0.25, -0.2) is 0 Å². The molecule has 16 heavy (non-hydrogen) atoms. The summed E-state index contributed by atoms with van der Waals surface area (Å²) in [7, 11) is 0. The molecule has 0 aromatic heterocycles. The molecule has 1 rings (SSSR count). The van der Waals surface area contributed by atoms with Gasteiger partial charge < -0.3 is 0 Å². The molecule has 0 N–H and O–H groups in total. The van der Waals surface area contributed by atoms with Gasteiger partial charge in [0.25, 0.3) is 0 Å². The Morgan fingerprint density at radius 2 is 1.75 bits per heavy atom. The fraction of sp³-hybridized carbons (Fsp3) is 0.538. The van der Waals surface area contributed by atoms with Crippen molar-refractivity contribution in [2.24, 2.45) is 0 Å². The van der Waals surface area contributed by atoms with E-state index in [1.165, 1.54) is 11.1 Å². The van der Waals surface area contributed by atoms with Crippen LogP contribution >= 0.6 is 39.1 Å². The third-order valence-corrected chi connectivity index (χ3v) is 4.45. The minimum atomic E-state index is 0.409. The zero-order valence-corrected chi connectivity index (χ0v) is 13.2. The summed E-state index contributed by atoms with van der Waals surface area (Å²) in [5.41, 5.74) is 3.56. The normalized spacial score (nSPS) is 11.6. The SMILES string of the molecule is CC(C)c1cc(CCl)c(C(C)C)c(Br)c1Cl. The Bertz CT molecular complexity index is 384. The minimum Gasteiger partial charge on any atom is -0.122 e. The van der Waals surface area contributed by atoms with Gasteiger partial charge in [-0.1, -0.05) is 45.4 Å². The second-order valence-corrected chi connectivity index (χ2v) is 6.05. The lowest BCUT2D eigenvalue weighted by atomic mass is 9.92. The maximum absolute atomic E-state index is 6.38. The van der Waals surface area contributed by atoms with Crippen molar-refractivity contribution >= 4 is 39.1 Å². The second-order valence-electron chi connectivity index (χ2n) is 4.61. The van der Waals surface area contributed by atoms with E-state index >= 15 is 0 Å². The third kappa shape index (κ3) is 2.75. The van der Waals surface area contributed by atoms with Crippen molar-refractivity contribution in [3.05, 3.63) is 32.3 Å². The van der Waals surface area contributed by atoms with Gasteiger partial charge in [-0.2, -0.15) is 0 Å². The lowest BCUT2D eigenvalue weighted by Crippen LogP contribution is -2.01. The number of hydrogen-bond acceptors (Lipinski definition) is 0. The standard InChI is InChI=1S/C13H17BrCl2/c1-7(2)10-5-9(6-15)11(8(3)4)12(14)13(10)16/h5,7-8H,6H2,1-4H3. The van der Waals surface area contributed by atoms with Gasteiger partial charge in [0.05, 0.1) is 5.02 Å². The van der Waals surface area contributed by atoms with Gasteiger partial charge in [0.2, 0.25) is 0 Å². The Hall–Kier alpha value is 0.280. The van der Waals surface area contributed by atoms with E-state index in [-0.39, 0.29) is 0 Å². The van der Waals surface area contributed by atoms with Crippen molar-refractivity contribution in [2.75, 3.05) is 0 Å². The Balaban J connectivity index is 3.49. The van der Waals surface area contributed by atoms with Crippen LogP contribution in [0.3, 0.4) is 0 Å². The molecule has 0 unspecified atom stereocenters. The molecule has 0 nitrogen and oxygen atoms in total. The first-order valence-corrected chi connectivity index (χ1v) is 7.17. The first kappa shape index (κ1) is 14.3. The van der Waals surface area contributed by atoms with E-state index in [0.717, 1.165) is 15.1 Å². The average Bonchev–Trinajstić information content (AvgIpc) is 2.20. The molecule has 0 saturated heterocycles. The van der Waals surface area contributed by atoms with E-state index in [0.29, 0.717) is 17.7 Å². The first-order chi connectivity index (χ1) is 7.40. The molecule has 0 aliphatic heterocycles. The molecule has 0 aliphatic carbocycles.